The van der Waals surface area contributed by atoms with Gasteiger partial charge in [-0.25, -0.2) is 0 Å². The third kappa shape index (κ3) is 3.86. The molecule has 0 saturated carbocycles. The van der Waals surface area contributed by atoms with Crippen LogP contribution in [0.2, 0.25) is 0 Å². The largest absolute Gasteiger partial charge is 0.435 e. The van der Waals surface area contributed by atoms with Gasteiger partial charge in [0.2, 0.25) is 0 Å². The molecule has 4 rings (SSSR count). The summed E-state index contributed by atoms with van der Waals surface area (Å²) in [6.45, 7) is 15.7. The molecule has 3 aromatic rings. The van der Waals surface area contributed by atoms with E-state index in [1.807, 2.05) is 12.1 Å². The van der Waals surface area contributed by atoms with Crippen molar-refractivity contribution in [3.63, 3.8) is 0 Å². The zero-order valence-electron chi connectivity index (χ0n) is 19.0. The van der Waals surface area contributed by atoms with E-state index >= 15 is 0 Å². The molecule has 1 aliphatic heterocycles. The fraction of sp³-hybridized carbons (Fsp3) is 0.333. The first-order valence-corrected chi connectivity index (χ1v) is 11.7. The average molecular weight is 419 g/mol. The fourth-order valence-electron chi connectivity index (χ4n) is 4.08. The molecule has 3 aromatic carbocycles. The second kappa shape index (κ2) is 7.43. The van der Waals surface area contributed by atoms with E-state index in [1.165, 1.54) is 22.3 Å². The Labute approximate surface area is 182 Å². The summed E-state index contributed by atoms with van der Waals surface area (Å²) in [6.07, 6.45) is 0. The van der Waals surface area contributed by atoms with Crippen LogP contribution in [0.25, 0.3) is 11.1 Å². The normalized spacial score (nSPS) is 15.8. The predicted octanol–water partition coefficient (Wildman–Crippen LogP) is 7.67. The van der Waals surface area contributed by atoms with Crippen molar-refractivity contribution in [1.29, 1.82) is 0 Å². The molecule has 0 aromatic heterocycles. The minimum Gasteiger partial charge on any atom is -0.435 e. The number of aryl methyl sites for hydroxylation is 1. The van der Waals surface area contributed by atoms with Gasteiger partial charge in [0.05, 0.1) is 5.30 Å². The first kappa shape index (κ1) is 20.9. The van der Waals surface area contributed by atoms with Crippen LogP contribution >= 0.6 is 8.38 Å². The highest BCUT2D eigenvalue weighted by atomic mass is 31.2. The van der Waals surface area contributed by atoms with Crippen molar-refractivity contribution < 1.29 is 9.05 Å². The number of fused-ring (bicyclic) bond motifs is 3. The van der Waals surface area contributed by atoms with Crippen molar-refractivity contribution >= 4 is 13.7 Å². The number of hydrogen-bond donors (Lipinski definition) is 0. The number of hydrogen-bond acceptors (Lipinski definition) is 2. The van der Waals surface area contributed by atoms with Crippen LogP contribution in [0, 0.1) is 6.92 Å². The Kier molecular flexibility index (Phi) is 5.19. The Balaban J connectivity index is 1.81. The van der Waals surface area contributed by atoms with E-state index in [0.29, 0.717) is 0 Å². The Hall–Kier alpha value is -2.31. The van der Waals surface area contributed by atoms with Crippen LogP contribution in [0.5, 0.6) is 11.5 Å². The maximum atomic E-state index is 6.69. The van der Waals surface area contributed by atoms with E-state index in [1.54, 1.807) is 0 Å². The molecular weight excluding hydrogens is 387 g/mol. The molecular formula is C27H31O2P. The van der Waals surface area contributed by atoms with Crippen LogP contribution in [-0.2, 0) is 10.8 Å². The average Bonchev–Trinajstić information content (AvgIpc) is 2.66. The lowest BCUT2D eigenvalue weighted by atomic mass is 9.78. The van der Waals surface area contributed by atoms with Crippen LogP contribution in [0.4, 0.5) is 0 Å². The lowest BCUT2D eigenvalue weighted by Gasteiger charge is -2.32. The predicted molar refractivity (Wildman–Crippen MR) is 128 cm³/mol. The second-order valence-corrected chi connectivity index (χ2v) is 11.5. The summed E-state index contributed by atoms with van der Waals surface area (Å²) in [6, 6.07) is 21.2. The Morgan fingerprint density at radius 3 is 2.00 bits per heavy atom. The molecule has 0 radical (unpaired) electrons. The van der Waals surface area contributed by atoms with Crippen LogP contribution < -0.4 is 14.4 Å². The number of benzene rings is 3. The van der Waals surface area contributed by atoms with Crippen LogP contribution in [0.1, 0.15) is 58.2 Å². The van der Waals surface area contributed by atoms with Crippen LogP contribution in [-0.4, -0.2) is 0 Å². The minimum absolute atomic E-state index is 0.0361. The van der Waals surface area contributed by atoms with Crippen molar-refractivity contribution in [3.8, 4) is 22.6 Å². The first-order valence-electron chi connectivity index (χ1n) is 10.6. The molecule has 1 atom stereocenters. The third-order valence-electron chi connectivity index (χ3n) is 5.58. The molecule has 30 heavy (non-hydrogen) atoms. The highest BCUT2D eigenvalue weighted by molar-refractivity contribution is 7.57. The Morgan fingerprint density at radius 2 is 1.33 bits per heavy atom. The monoisotopic (exact) mass is 418 g/mol. The zero-order valence-corrected chi connectivity index (χ0v) is 19.9. The van der Waals surface area contributed by atoms with Gasteiger partial charge in [0, 0.05) is 11.1 Å². The summed E-state index contributed by atoms with van der Waals surface area (Å²) in [7, 11) is -1.26. The van der Waals surface area contributed by atoms with Gasteiger partial charge in [-0.05, 0) is 52.6 Å². The fourth-order valence-corrected chi connectivity index (χ4v) is 5.58. The molecule has 1 unspecified atom stereocenters. The summed E-state index contributed by atoms with van der Waals surface area (Å²) in [4.78, 5) is 0. The molecule has 1 aliphatic rings. The van der Waals surface area contributed by atoms with Crippen LogP contribution in [0.3, 0.4) is 0 Å². The number of para-hydroxylation sites is 1. The minimum atomic E-state index is -1.26. The van der Waals surface area contributed by atoms with E-state index in [4.69, 9.17) is 9.05 Å². The zero-order chi connectivity index (χ0) is 21.7. The summed E-state index contributed by atoms with van der Waals surface area (Å²) in [5, 5.41) is 1.13. The number of rotatable bonds is 2. The quantitative estimate of drug-likeness (QED) is 0.398. The lowest BCUT2D eigenvalue weighted by Crippen LogP contribution is -2.21. The van der Waals surface area contributed by atoms with Gasteiger partial charge >= 0.3 is 8.38 Å². The van der Waals surface area contributed by atoms with Crippen molar-refractivity contribution in [2.75, 3.05) is 0 Å². The highest BCUT2D eigenvalue weighted by Crippen LogP contribution is 2.51. The van der Waals surface area contributed by atoms with Gasteiger partial charge in [-0.2, -0.15) is 0 Å². The van der Waals surface area contributed by atoms with Crippen molar-refractivity contribution in [2.45, 2.75) is 59.3 Å². The van der Waals surface area contributed by atoms with E-state index in [9.17, 15) is 0 Å². The standard InChI is InChI=1S/C27H31O2P/c1-18-16-24(22(27(5,6)7)17-21(18)26(2,3)4)29-30-25-15-11-9-13-20(25)19-12-8-10-14-23(19)28-30/h8-17H,1-7H3. The smallest absolute Gasteiger partial charge is 0.326 e. The van der Waals surface area contributed by atoms with Gasteiger partial charge in [-0.1, -0.05) is 84.0 Å². The van der Waals surface area contributed by atoms with E-state index in [2.05, 4.69) is 97.0 Å². The molecule has 0 fully saturated rings. The molecule has 0 aliphatic carbocycles. The Bertz CT molecular complexity index is 1090. The summed E-state index contributed by atoms with van der Waals surface area (Å²) in [5.41, 5.74) is 6.22. The van der Waals surface area contributed by atoms with Gasteiger partial charge in [0.15, 0.2) is 0 Å². The molecule has 1 heterocycles. The molecule has 156 valence electrons. The summed E-state index contributed by atoms with van der Waals surface area (Å²) >= 11 is 0. The van der Waals surface area contributed by atoms with Gasteiger partial charge < -0.3 is 9.05 Å². The topological polar surface area (TPSA) is 18.5 Å². The van der Waals surface area contributed by atoms with Crippen LogP contribution in [0.15, 0.2) is 60.7 Å². The van der Waals surface area contributed by atoms with Gasteiger partial charge in [-0.3, -0.25) is 0 Å². The maximum absolute atomic E-state index is 6.69. The molecule has 0 saturated heterocycles. The van der Waals surface area contributed by atoms with Crippen molar-refractivity contribution in [2.24, 2.45) is 0 Å². The van der Waals surface area contributed by atoms with Gasteiger partial charge in [-0.15, -0.1) is 0 Å². The molecule has 2 nitrogen and oxygen atoms in total. The van der Waals surface area contributed by atoms with Crippen molar-refractivity contribution in [1.82, 2.24) is 0 Å². The molecule has 3 heteroatoms. The molecule has 0 bridgehead atoms. The first-order chi connectivity index (χ1) is 14.1. The SMILES string of the molecule is Cc1cc(OP2Oc3ccccc3-c3ccccc32)c(C(C)(C)C)cc1C(C)(C)C. The third-order valence-corrected chi connectivity index (χ3v) is 7.09. The van der Waals surface area contributed by atoms with Crippen molar-refractivity contribution in [3.05, 3.63) is 77.4 Å². The van der Waals surface area contributed by atoms with Gasteiger partial charge in [0.1, 0.15) is 11.5 Å². The Morgan fingerprint density at radius 1 is 0.733 bits per heavy atom. The second-order valence-electron chi connectivity index (χ2n) is 10.1. The summed E-state index contributed by atoms with van der Waals surface area (Å²) < 4.78 is 13.1. The van der Waals surface area contributed by atoms with E-state index in [0.717, 1.165) is 22.4 Å². The highest BCUT2D eigenvalue weighted by Gasteiger charge is 2.32. The molecule has 0 spiro atoms. The van der Waals surface area contributed by atoms with Gasteiger partial charge in [0.25, 0.3) is 0 Å². The summed E-state index contributed by atoms with van der Waals surface area (Å²) in [5.74, 6) is 1.82. The molecule has 0 N–H and O–H groups in total. The van der Waals surface area contributed by atoms with E-state index in [-0.39, 0.29) is 10.8 Å². The molecule has 0 amide bonds. The van der Waals surface area contributed by atoms with E-state index < -0.39 is 8.38 Å². The lowest BCUT2D eigenvalue weighted by molar-refractivity contribution is 0.478. The maximum Gasteiger partial charge on any atom is 0.326 e.